The summed E-state index contributed by atoms with van der Waals surface area (Å²) in [6, 6.07) is 3.67. The quantitative estimate of drug-likeness (QED) is 0.557. The van der Waals surface area contributed by atoms with E-state index in [2.05, 4.69) is 0 Å². The smallest absolute Gasteiger partial charge is 0.130 e. The van der Waals surface area contributed by atoms with Crippen LogP contribution in [0, 0.1) is 11.6 Å². The molecular formula is C7H5ClF2. The normalized spacial score (nSPS) is 9.90. The Labute approximate surface area is 62.4 Å². The van der Waals surface area contributed by atoms with Crippen molar-refractivity contribution in [2.24, 2.45) is 0 Å². The van der Waals surface area contributed by atoms with Gasteiger partial charge in [-0.05, 0) is 12.1 Å². The molecule has 0 aliphatic rings. The molecule has 3 heteroatoms. The minimum Gasteiger partial charge on any atom is -0.207 e. The number of hydrogen-bond acceptors (Lipinski definition) is 0. The van der Waals surface area contributed by atoms with E-state index in [1.54, 1.807) is 0 Å². The van der Waals surface area contributed by atoms with E-state index >= 15 is 0 Å². The molecule has 0 saturated heterocycles. The van der Waals surface area contributed by atoms with Crippen LogP contribution in [0.1, 0.15) is 5.56 Å². The maximum absolute atomic E-state index is 12.5. The van der Waals surface area contributed by atoms with Crippen LogP contribution < -0.4 is 0 Å². The lowest BCUT2D eigenvalue weighted by Gasteiger charge is -1.97. The molecule has 0 N–H and O–H groups in total. The first-order valence-corrected chi connectivity index (χ1v) is 3.28. The predicted molar refractivity (Wildman–Crippen MR) is 35.9 cm³/mol. The number of benzene rings is 1. The highest BCUT2D eigenvalue weighted by molar-refractivity contribution is 6.17. The third-order valence-electron chi connectivity index (χ3n) is 1.20. The molecule has 54 valence electrons. The Morgan fingerprint density at radius 2 is 1.70 bits per heavy atom. The summed E-state index contributed by atoms with van der Waals surface area (Å²) in [6.45, 7) is 0. The van der Waals surface area contributed by atoms with E-state index in [0.717, 1.165) is 0 Å². The van der Waals surface area contributed by atoms with Crippen LogP contribution in [0.15, 0.2) is 18.2 Å². The molecule has 0 heterocycles. The summed E-state index contributed by atoms with van der Waals surface area (Å²) in [5, 5.41) is 0. The minimum absolute atomic E-state index is 0.0656. The number of alkyl halides is 1. The van der Waals surface area contributed by atoms with Gasteiger partial charge in [0.1, 0.15) is 11.6 Å². The maximum atomic E-state index is 12.5. The van der Waals surface area contributed by atoms with E-state index in [4.69, 9.17) is 11.6 Å². The molecule has 1 aromatic carbocycles. The Morgan fingerprint density at radius 1 is 1.20 bits per heavy atom. The van der Waals surface area contributed by atoms with Gasteiger partial charge in [0.2, 0.25) is 0 Å². The Hall–Kier alpha value is -0.630. The Kier molecular flexibility index (Phi) is 2.22. The fourth-order valence-electron chi connectivity index (χ4n) is 0.660. The molecule has 0 fully saturated rings. The monoisotopic (exact) mass is 162 g/mol. The lowest BCUT2D eigenvalue weighted by molar-refractivity contribution is 0.566. The summed E-state index contributed by atoms with van der Waals surface area (Å²) in [4.78, 5) is 0. The lowest BCUT2D eigenvalue weighted by atomic mass is 10.2. The van der Waals surface area contributed by atoms with E-state index in [9.17, 15) is 8.78 Å². The Balaban J connectivity index is 3.17. The third-order valence-corrected chi connectivity index (χ3v) is 1.46. The van der Waals surface area contributed by atoms with Gasteiger partial charge in [0.15, 0.2) is 0 Å². The van der Waals surface area contributed by atoms with Crippen molar-refractivity contribution in [1.29, 1.82) is 0 Å². The van der Waals surface area contributed by atoms with Gasteiger partial charge >= 0.3 is 0 Å². The number of hydrogen-bond donors (Lipinski definition) is 0. The highest BCUT2D eigenvalue weighted by Gasteiger charge is 2.04. The van der Waals surface area contributed by atoms with E-state index in [1.165, 1.54) is 18.2 Å². The van der Waals surface area contributed by atoms with Crippen LogP contribution >= 0.6 is 11.6 Å². The van der Waals surface area contributed by atoms with E-state index in [-0.39, 0.29) is 11.4 Å². The lowest BCUT2D eigenvalue weighted by Crippen LogP contribution is -1.90. The van der Waals surface area contributed by atoms with Crippen molar-refractivity contribution in [2.45, 2.75) is 5.88 Å². The van der Waals surface area contributed by atoms with Crippen molar-refractivity contribution in [1.82, 2.24) is 0 Å². The number of halogens is 3. The van der Waals surface area contributed by atoms with Crippen molar-refractivity contribution in [3.05, 3.63) is 35.4 Å². The summed E-state index contributed by atoms with van der Waals surface area (Å²) in [6.07, 6.45) is 0. The SMILES string of the molecule is Fc1cccc(F)c1CCl. The molecule has 0 amide bonds. The van der Waals surface area contributed by atoms with Crippen LogP contribution in [0.2, 0.25) is 0 Å². The van der Waals surface area contributed by atoms with Crippen molar-refractivity contribution in [2.75, 3.05) is 0 Å². The number of rotatable bonds is 1. The van der Waals surface area contributed by atoms with Gasteiger partial charge in [0.05, 0.1) is 5.88 Å². The zero-order valence-electron chi connectivity index (χ0n) is 5.07. The summed E-state index contributed by atoms with van der Waals surface area (Å²) in [5.41, 5.74) is -0.0656. The summed E-state index contributed by atoms with van der Waals surface area (Å²) in [7, 11) is 0. The fraction of sp³-hybridized carbons (Fsp3) is 0.143. The predicted octanol–water partition coefficient (Wildman–Crippen LogP) is 2.70. The van der Waals surface area contributed by atoms with E-state index in [1.807, 2.05) is 0 Å². The Morgan fingerprint density at radius 3 is 2.00 bits per heavy atom. The minimum atomic E-state index is -0.588. The average molecular weight is 163 g/mol. The van der Waals surface area contributed by atoms with Gasteiger partial charge in [0.25, 0.3) is 0 Å². The zero-order valence-corrected chi connectivity index (χ0v) is 5.83. The third kappa shape index (κ3) is 1.27. The molecule has 0 saturated carbocycles. The molecule has 0 aliphatic heterocycles. The summed E-state index contributed by atoms with van der Waals surface area (Å²) in [5.74, 6) is -1.30. The summed E-state index contributed by atoms with van der Waals surface area (Å²) >= 11 is 5.26. The fourth-order valence-corrected chi connectivity index (χ4v) is 0.915. The van der Waals surface area contributed by atoms with E-state index < -0.39 is 11.6 Å². The van der Waals surface area contributed by atoms with Gasteiger partial charge in [-0.3, -0.25) is 0 Å². The molecule has 0 atom stereocenters. The van der Waals surface area contributed by atoms with Gasteiger partial charge in [-0.2, -0.15) is 0 Å². The standard InChI is InChI=1S/C7H5ClF2/c8-4-5-6(9)2-1-3-7(5)10/h1-3H,4H2. The molecule has 0 nitrogen and oxygen atoms in total. The van der Waals surface area contributed by atoms with Crippen LogP contribution in [-0.2, 0) is 5.88 Å². The molecule has 0 aromatic heterocycles. The van der Waals surface area contributed by atoms with Gasteiger partial charge in [-0.25, -0.2) is 8.78 Å². The van der Waals surface area contributed by atoms with Crippen LogP contribution in [-0.4, -0.2) is 0 Å². The second-order valence-corrected chi connectivity index (χ2v) is 2.10. The van der Waals surface area contributed by atoms with Crippen LogP contribution in [0.5, 0.6) is 0 Å². The largest absolute Gasteiger partial charge is 0.207 e. The summed E-state index contributed by atoms with van der Waals surface area (Å²) < 4.78 is 25.1. The second kappa shape index (κ2) is 2.97. The first-order chi connectivity index (χ1) is 4.75. The zero-order chi connectivity index (χ0) is 7.56. The average Bonchev–Trinajstić information content (AvgIpc) is 1.88. The first kappa shape index (κ1) is 7.48. The van der Waals surface area contributed by atoms with Crippen molar-refractivity contribution in [3.8, 4) is 0 Å². The van der Waals surface area contributed by atoms with E-state index in [0.29, 0.717) is 0 Å². The molecule has 0 spiro atoms. The maximum Gasteiger partial charge on any atom is 0.130 e. The van der Waals surface area contributed by atoms with Crippen molar-refractivity contribution >= 4 is 11.6 Å². The molecule has 10 heavy (non-hydrogen) atoms. The highest BCUT2D eigenvalue weighted by atomic mass is 35.5. The van der Waals surface area contributed by atoms with Crippen molar-refractivity contribution in [3.63, 3.8) is 0 Å². The molecule has 0 unspecified atom stereocenters. The van der Waals surface area contributed by atoms with Crippen LogP contribution in [0.3, 0.4) is 0 Å². The second-order valence-electron chi connectivity index (χ2n) is 1.83. The molecular weight excluding hydrogens is 158 g/mol. The van der Waals surface area contributed by atoms with Gasteiger partial charge in [-0.1, -0.05) is 6.07 Å². The molecule has 0 bridgehead atoms. The first-order valence-electron chi connectivity index (χ1n) is 2.74. The highest BCUT2D eigenvalue weighted by Crippen LogP contribution is 2.13. The molecule has 0 aliphatic carbocycles. The Bertz CT molecular complexity index is 215. The van der Waals surface area contributed by atoms with Gasteiger partial charge < -0.3 is 0 Å². The van der Waals surface area contributed by atoms with Crippen LogP contribution in [0.4, 0.5) is 8.78 Å². The van der Waals surface area contributed by atoms with Crippen molar-refractivity contribution < 1.29 is 8.78 Å². The molecule has 1 rings (SSSR count). The topological polar surface area (TPSA) is 0 Å². The molecule has 0 radical (unpaired) electrons. The van der Waals surface area contributed by atoms with Gasteiger partial charge in [-0.15, -0.1) is 11.6 Å². The molecule has 1 aromatic rings. The van der Waals surface area contributed by atoms with Crippen LogP contribution in [0.25, 0.3) is 0 Å². The van der Waals surface area contributed by atoms with Gasteiger partial charge in [0, 0.05) is 5.56 Å².